The summed E-state index contributed by atoms with van der Waals surface area (Å²) in [6, 6.07) is 3.79. The summed E-state index contributed by atoms with van der Waals surface area (Å²) in [5.41, 5.74) is 6.80. The van der Waals surface area contributed by atoms with Crippen molar-refractivity contribution in [2.24, 2.45) is 10.7 Å². The molecule has 1 fully saturated rings. The van der Waals surface area contributed by atoms with Crippen molar-refractivity contribution >= 4 is 5.96 Å². The lowest BCUT2D eigenvalue weighted by atomic mass is 10.3. The van der Waals surface area contributed by atoms with E-state index in [2.05, 4.69) is 20.2 Å². The minimum atomic E-state index is 0.452. The molecule has 0 saturated carbocycles. The Labute approximate surface area is 131 Å². The summed E-state index contributed by atoms with van der Waals surface area (Å²) in [5, 5.41) is 3.14. The maximum Gasteiger partial charge on any atom is 0.218 e. The molecule has 2 heterocycles. The van der Waals surface area contributed by atoms with Gasteiger partial charge in [-0.3, -0.25) is 4.90 Å². The first-order valence-corrected chi connectivity index (χ1v) is 7.61. The van der Waals surface area contributed by atoms with Gasteiger partial charge in [0.15, 0.2) is 5.96 Å². The lowest BCUT2D eigenvalue weighted by molar-refractivity contribution is 0.0376. The fourth-order valence-corrected chi connectivity index (χ4v) is 2.30. The molecule has 0 atom stereocenters. The van der Waals surface area contributed by atoms with Crippen molar-refractivity contribution in [2.75, 3.05) is 46.5 Å². The number of pyridine rings is 1. The van der Waals surface area contributed by atoms with Crippen molar-refractivity contribution in [3.05, 3.63) is 23.9 Å². The topological polar surface area (TPSA) is 85.0 Å². The molecule has 22 heavy (non-hydrogen) atoms. The fourth-order valence-electron chi connectivity index (χ4n) is 2.30. The Morgan fingerprint density at radius 2 is 2.32 bits per heavy atom. The van der Waals surface area contributed by atoms with E-state index in [0.29, 0.717) is 18.4 Å². The zero-order valence-electron chi connectivity index (χ0n) is 13.1. The molecule has 0 radical (unpaired) electrons. The van der Waals surface area contributed by atoms with Crippen LogP contribution < -0.4 is 15.8 Å². The Morgan fingerprint density at radius 3 is 3.09 bits per heavy atom. The molecule has 0 aliphatic carbocycles. The third-order valence-electron chi connectivity index (χ3n) is 3.52. The normalized spacial score (nSPS) is 16.5. The van der Waals surface area contributed by atoms with Gasteiger partial charge in [0.25, 0.3) is 0 Å². The summed E-state index contributed by atoms with van der Waals surface area (Å²) in [5.74, 6) is 1.04. The summed E-state index contributed by atoms with van der Waals surface area (Å²) in [6.45, 7) is 6.04. The molecule has 1 aromatic rings. The van der Waals surface area contributed by atoms with Crippen molar-refractivity contribution in [2.45, 2.75) is 13.0 Å². The van der Waals surface area contributed by atoms with Crippen molar-refractivity contribution < 1.29 is 9.47 Å². The van der Waals surface area contributed by atoms with E-state index in [9.17, 15) is 0 Å². The van der Waals surface area contributed by atoms with E-state index >= 15 is 0 Å². The van der Waals surface area contributed by atoms with Crippen LogP contribution in [0.25, 0.3) is 0 Å². The van der Waals surface area contributed by atoms with Gasteiger partial charge in [-0.15, -0.1) is 0 Å². The lowest BCUT2D eigenvalue weighted by Gasteiger charge is -2.26. The summed E-state index contributed by atoms with van der Waals surface area (Å²) < 4.78 is 10.5. The van der Waals surface area contributed by atoms with Gasteiger partial charge in [0.05, 0.1) is 26.9 Å². The molecule has 122 valence electrons. The summed E-state index contributed by atoms with van der Waals surface area (Å²) in [4.78, 5) is 10.9. The largest absolute Gasteiger partial charge is 0.481 e. The highest BCUT2D eigenvalue weighted by Crippen LogP contribution is 2.14. The van der Waals surface area contributed by atoms with E-state index < -0.39 is 0 Å². The van der Waals surface area contributed by atoms with Crippen molar-refractivity contribution in [3.63, 3.8) is 0 Å². The number of hydrogen-bond acceptors (Lipinski definition) is 5. The molecule has 0 aromatic carbocycles. The third-order valence-corrected chi connectivity index (χ3v) is 3.52. The Kier molecular flexibility index (Phi) is 6.92. The number of hydrogen-bond donors (Lipinski definition) is 2. The second-order valence-corrected chi connectivity index (χ2v) is 5.11. The molecule has 0 amide bonds. The van der Waals surface area contributed by atoms with Gasteiger partial charge in [-0.2, -0.15) is 0 Å². The van der Waals surface area contributed by atoms with Crippen LogP contribution in [-0.2, 0) is 11.3 Å². The molecule has 7 heteroatoms. The van der Waals surface area contributed by atoms with Gasteiger partial charge in [-0.05, 0) is 19.0 Å². The highest BCUT2D eigenvalue weighted by atomic mass is 16.5. The molecule has 0 unspecified atom stereocenters. The number of aliphatic imine (C=N–C) groups is 1. The summed E-state index contributed by atoms with van der Waals surface area (Å²) in [6.07, 6.45) is 2.73. The van der Waals surface area contributed by atoms with Crippen molar-refractivity contribution in [3.8, 4) is 5.88 Å². The van der Waals surface area contributed by atoms with E-state index in [4.69, 9.17) is 15.2 Å². The standard InChI is InChI=1S/C15H25N5O2/c1-21-14-13(4-2-5-17-14)12-19-15(16)18-6-3-7-20-8-10-22-11-9-20/h2,4-5H,3,6-12H2,1H3,(H3,16,18,19). The number of nitrogens with two attached hydrogens (primary N) is 1. The van der Waals surface area contributed by atoms with Crippen LogP contribution in [0.15, 0.2) is 23.3 Å². The molecule has 1 saturated heterocycles. The highest BCUT2D eigenvalue weighted by Gasteiger charge is 2.09. The predicted molar refractivity (Wildman–Crippen MR) is 86.0 cm³/mol. The second kappa shape index (κ2) is 9.22. The molecular weight excluding hydrogens is 282 g/mol. The van der Waals surface area contributed by atoms with Gasteiger partial charge >= 0.3 is 0 Å². The Bertz CT molecular complexity index is 475. The first-order chi connectivity index (χ1) is 10.8. The zero-order chi connectivity index (χ0) is 15.6. The Hall–Kier alpha value is -1.86. The lowest BCUT2D eigenvalue weighted by Crippen LogP contribution is -2.39. The summed E-state index contributed by atoms with van der Waals surface area (Å²) in [7, 11) is 1.60. The van der Waals surface area contributed by atoms with Crippen LogP contribution in [0.5, 0.6) is 5.88 Å². The SMILES string of the molecule is COc1ncccc1CN=C(N)NCCCN1CCOCC1. The number of nitrogens with one attached hydrogen (secondary N) is 1. The maximum atomic E-state index is 5.88. The number of guanidine groups is 1. The Morgan fingerprint density at radius 1 is 1.50 bits per heavy atom. The number of methoxy groups -OCH3 is 1. The van der Waals surface area contributed by atoms with Crippen LogP contribution in [0.2, 0.25) is 0 Å². The smallest absolute Gasteiger partial charge is 0.218 e. The van der Waals surface area contributed by atoms with E-state index in [1.54, 1.807) is 13.3 Å². The number of aromatic nitrogens is 1. The molecule has 1 aliphatic heterocycles. The van der Waals surface area contributed by atoms with Crippen LogP contribution in [0.3, 0.4) is 0 Å². The molecular formula is C15H25N5O2. The van der Waals surface area contributed by atoms with Crippen LogP contribution >= 0.6 is 0 Å². The van der Waals surface area contributed by atoms with Gasteiger partial charge in [0, 0.05) is 31.4 Å². The molecule has 3 N–H and O–H groups in total. The maximum absolute atomic E-state index is 5.88. The first kappa shape index (κ1) is 16.5. The monoisotopic (exact) mass is 307 g/mol. The predicted octanol–water partition coefficient (Wildman–Crippen LogP) is 0.217. The average Bonchev–Trinajstić information content (AvgIpc) is 2.58. The molecule has 7 nitrogen and oxygen atoms in total. The molecule has 0 spiro atoms. The molecule has 0 bridgehead atoms. The van der Waals surface area contributed by atoms with E-state index in [1.807, 2.05) is 12.1 Å². The molecule has 1 aromatic heterocycles. The van der Waals surface area contributed by atoms with Gasteiger partial charge in [-0.25, -0.2) is 9.98 Å². The number of rotatable bonds is 7. The van der Waals surface area contributed by atoms with Gasteiger partial charge in [-0.1, -0.05) is 6.07 Å². The highest BCUT2D eigenvalue weighted by molar-refractivity contribution is 5.77. The van der Waals surface area contributed by atoms with Gasteiger partial charge in [0.1, 0.15) is 0 Å². The minimum Gasteiger partial charge on any atom is -0.481 e. The van der Waals surface area contributed by atoms with Gasteiger partial charge < -0.3 is 20.5 Å². The van der Waals surface area contributed by atoms with Crippen LogP contribution in [0.1, 0.15) is 12.0 Å². The van der Waals surface area contributed by atoms with Crippen LogP contribution in [-0.4, -0.2) is 62.3 Å². The zero-order valence-corrected chi connectivity index (χ0v) is 13.1. The summed E-state index contributed by atoms with van der Waals surface area (Å²) >= 11 is 0. The van der Waals surface area contributed by atoms with Crippen molar-refractivity contribution in [1.82, 2.24) is 15.2 Å². The van der Waals surface area contributed by atoms with E-state index in [0.717, 1.165) is 51.4 Å². The molecule has 1 aliphatic rings. The number of ether oxygens (including phenoxy) is 2. The van der Waals surface area contributed by atoms with Crippen LogP contribution in [0, 0.1) is 0 Å². The van der Waals surface area contributed by atoms with Crippen LogP contribution in [0.4, 0.5) is 0 Å². The van der Waals surface area contributed by atoms with Crippen molar-refractivity contribution in [1.29, 1.82) is 0 Å². The molecule has 2 rings (SSSR count). The third kappa shape index (κ3) is 5.50. The minimum absolute atomic E-state index is 0.452. The van der Waals surface area contributed by atoms with E-state index in [-0.39, 0.29) is 0 Å². The number of nitrogens with zero attached hydrogens (tertiary/aromatic N) is 3. The van der Waals surface area contributed by atoms with E-state index in [1.165, 1.54) is 0 Å². The first-order valence-electron chi connectivity index (χ1n) is 7.61. The Balaban J connectivity index is 1.66. The quantitative estimate of drug-likeness (QED) is 0.426. The average molecular weight is 307 g/mol. The number of morpholine rings is 1. The second-order valence-electron chi connectivity index (χ2n) is 5.11. The fraction of sp³-hybridized carbons (Fsp3) is 0.600. The van der Waals surface area contributed by atoms with Gasteiger partial charge in [0.2, 0.25) is 5.88 Å².